The van der Waals surface area contributed by atoms with Crippen molar-refractivity contribution in [1.82, 2.24) is 4.90 Å². The van der Waals surface area contributed by atoms with E-state index in [1.807, 2.05) is 20.8 Å². The lowest BCUT2D eigenvalue weighted by atomic mass is 9.75. The van der Waals surface area contributed by atoms with Gasteiger partial charge in [-0.3, -0.25) is 0 Å². The van der Waals surface area contributed by atoms with Crippen molar-refractivity contribution in [3.05, 3.63) is 34.6 Å². The third-order valence-corrected chi connectivity index (χ3v) is 4.71. The van der Waals surface area contributed by atoms with E-state index in [0.717, 1.165) is 12.8 Å². The number of amides is 1. The molecule has 24 heavy (non-hydrogen) atoms. The van der Waals surface area contributed by atoms with Crippen LogP contribution in [-0.4, -0.2) is 36.2 Å². The summed E-state index contributed by atoms with van der Waals surface area (Å²) < 4.78 is 19.6. The Hall–Kier alpha value is -1.33. The van der Waals surface area contributed by atoms with Crippen LogP contribution in [0.25, 0.3) is 0 Å². The number of ether oxygens (including phenoxy) is 1. The number of hydrogen-bond acceptors (Lipinski definition) is 3. The number of benzene rings is 1. The Morgan fingerprint density at radius 3 is 2.75 bits per heavy atom. The first-order chi connectivity index (χ1) is 11.2. The fourth-order valence-corrected chi connectivity index (χ4v) is 3.38. The van der Waals surface area contributed by atoms with Crippen LogP contribution < -0.4 is 5.73 Å². The Morgan fingerprint density at radius 1 is 1.46 bits per heavy atom. The van der Waals surface area contributed by atoms with Crippen molar-refractivity contribution in [2.24, 2.45) is 11.1 Å². The second-order valence-corrected chi connectivity index (χ2v) is 7.99. The molecule has 0 aliphatic carbocycles. The molecule has 1 aromatic carbocycles. The van der Waals surface area contributed by atoms with E-state index < -0.39 is 5.60 Å². The lowest BCUT2D eigenvalue weighted by molar-refractivity contribution is 0.00523. The number of hydrogen-bond donors (Lipinski definition) is 1. The number of nitrogens with zero attached hydrogens (tertiary/aromatic N) is 1. The molecule has 1 atom stereocenters. The van der Waals surface area contributed by atoms with Crippen molar-refractivity contribution in [2.45, 2.75) is 45.6 Å². The van der Waals surface area contributed by atoms with Crippen LogP contribution in [0.15, 0.2) is 18.2 Å². The predicted octanol–water partition coefficient (Wildman–Crippen LogP) is 4.00. The highest BCUT2D eigenvalue weighted by atomic mass is 35.5. The van der Waals surface area contributed by atoms with Crippen molar-refractivity contribution in [3.63, 3.8) is 0 Å². The Balaban J connectivity index is 2.18. The summed E-state index contributed by atoms with van der Waals surface area (Å²) in [5.41, 5.74) is 5.56. The summed E-state index contributed by atoms with van der Waals surface area (Å²) in [5, 5.41) is 0.400. The summed E-state index contributed by atoms with van der Waals surface area (Å²) >= 11 is 6.17. The molecule has 134 valence electrons. The van der Waals surface area contributed by atoms with Gasteiger partial charge in [0.25, 0.3) is 0 Å². The average molecular weight is 357 g/mol. The van der Waals surface area contributed by atoms with Gasteiger partial charge < -0.3 is 15.4 Å². The zero-order chi connectivity index (χ0) is 18.0. The van der Waals surface area contributed by atoms with Gasteiger partial charge in [0.05, 0.1) is 0 Å². The maximum Gasteiger partial charge on any atom is 0.410 e. The molecule has 1 aromatic rings. The van der Waals surface area contributed by atoms with Gasteiger partial charge in [-0.15, -0.1) is 0 Å². The van der Waals surface area contributed by atoms with E-state index in [0.29, 0.717) is 36.6 Å². The van der Waals surface area contributed by atoms with Crippen LogP contribution >= 0.6 is 11.6 Å². The normalized spacial score (nSPS) is 21.7. The molecule has 6 heteroatoms. The molecule has 0 bridgehead atoms. The van der Waals surface area contributed by atoms with Gasteiger partial charge in [-0.25, -0.2) is 9.18 Å². The lowest BCUT2D eigenvalue weighted by Gasteiger charge is -2.42. The molecule has 0 radical (unpaired) electrons. The zero-order valence-corrected chi connectivity index (χ0v) is 15.3. The van der Waals surface area contributed by atoms with Gasteiger partial charge in [-0.05, 0) is 58.7 Å². The lowest BCUT2D eigenvalue weighted by Crippen LogP contribution is -2.51. The molecule has 1 saturated heterocycles. The molecule has 0 aromatic heterocycles. The van der Waals surface area contributed by atoms with Crippen LogP contribution in [0.4, 0.5) is 9.18 Å². The first-order valence-electron chi connectivity index (χ1n) is 8.27. The summed E-state index contributed by atoms with van der Waals surface area (Å²) in [6.07, 6.45) is 1.70. The van der Waals surface area contributed by atoms with Crippen molar-refractivity contribution in [3.8, 4) is 0 Å². The number of nitrogens with two attached hydrogens (primary N) is 1. The Morgan fingerprint density at radius 2 is 2.17 bits per heavy atom. The monoisotopic (exact) mass is 356 g/mol. The van der Waals surface area contributed by atoms with Gasteiger partial charge in [0.2, 0.25) is 0 Å². The average Bonchev–Trinajstić information content (AvgIpc) is 2.50. The number of piperidine rings is 1. The Bertz CT molecular complexity index is 583. The molecule has 1 heterocycles. The largest absolute Gasteiger partial charge is 0.444 e. The fourth-order valence-electron chi connectivity index (χ4n) is 3.15. The summed E-state index contributed by atoms with van der Waals surface area (Å²) in [5.74, 6) is -0.329. The van der Waals surface area contributed by atoms with Crippen LogP contribution in [0.3, 0.4) is 0 Å². The van der Waals surface area contributed by atoms with Crippen molar-refractivity contribution in [1.29, 1.82) is 0 Å². The molecular weight excluding hydrogens is 331 g/mol. The van der Waals surface area contributed by atoms with Crippen molar-refractivity contribution < 1.29 is 13.9 Å². The summed E-state index contributed by atoms with van der Waals surface area (Å²) in [6, 6.07) is 4.67. The molecule has 0 saturated carbocycles. The topological polar surface area (TPSA) is 55.6 Å². The van der Waals surface area contributed by atoms with Gasteiger partial charge in [0, 0.05) is 29.1 Å². The molecular formula is C18H26ClFN2O2. The minimum absolute atomic E-state index is 0.329. The van der Waals surface area contributed by atoms with E-state index >= 15 is 0 Å². The highest BCUT2D eigenvalue weighted by Crippen LogP contribution is 2.36. The van der Waals surface area contributed by atoms with E-state index in [4.69, 9.17) is 22.1 Å². The predicted molar refractivity (Wildman–Crippen MR) is 93.6 cm³/mol. The highest BCUT2D eigenvalue weighted by Gasteiger charge is 2.38. The minimum atomic E-state index is -0.547. The van der Waals surface area contributed by atoms with Gasteiger partial charge in [-0.1, -0.05) is 17.7 Å². The van der Waals surface area contributed by atoms with E-state index in [2.05, 4.69) is 0 Å². The Kier molecular flexibility index (Phi) is 5.76. The van der Waals surface area contributed by atoms with E-state index in [1.54, 1.807) is 17.0 Å². The summed E-state index contributed by atoms with van der Waals surface area (Å²) in [6.45, 7) is 6.94. The first-order valence-corrected chi connectivity index (χ1v) is 8.64. The Labute approximate surface area is 148 Å². The first kappa shape index (κ1) is 19.0. The van der Waals surface area contributed by atoms with E-state index in [1.165, 1.54) is 6.07 Å². The maximum absolute atomic E-state index is 14.2. The van der Waals surface area contributed by atoms with Crippen LogP contribution in [0.1, 0.15) is 39.2 Å². The van der Waals surface area contributed by atoms with Gasteiger partial charge in [0.1, 0.15) is 11.4 Å². The SMILES string of the molecule is CC(C)(C)OC(=O)N1CCCC(CN)(Cc2c(F)cccc2Cl)C1. The van der Waals surface area contributed by atoms with Gasteiger partial charge in [-0.2, -0.15) is 0 Å². The quantitative estimate of drug-likeness (QED) is 0.890. The molecule has 1 fully saturated rings. The molecule has 2 N–H and O–H groups in total. The number of likely N-dealkylation sites (tertiary alicyclic amines) is 1. The molecule has 0 spiro atoms. The molecule has 1 amide bonds. The van der Waals surface area contributed by atoms with E-state index in [-0.39, 0.29) is 17.3 Å². The minimum Gasteiger partial charge on any atom is -0.444 e. The molecule has 1 unspecified atom stereocenters. The molecule has 4 nitrogen and oxygen atoms in total. The van der Waals surface area contributed by atoms with E-state index in [9.17, 15) is 9.18 Å². The third-order valence-electron chi connectivity index (χ3n) is 4.36. The number of rotatable bonds is 3. The molecule has 1 aliphatic rings. The summed E-state index contributed by atoms with van der Waals surface area (Å²) in [7, 11) is 0. The smallest absolute Gasteiger partial charge is 0.410 e. The number of carbonyl (C=O) groups excluding carboxylic acids is 1. The van der Waals surface area contributed by atoms with Gasteiger partial charge in [0.15, 0.2) is 0 Å². The maximum atomic E-state index is 14.2. The molecule has 2 rings (SSSR count). The van der Waals surface area contributed by atoms with Crippen LogP contribution in [0, 0.1) is 11.2 Å². The van der Waals surface area contributed by atoms with Crippen LogP contribution in [0.5, 0.6) is 0 Å². The van der Waals surface area contributed by atoms with Crippen LogP contribution in [-0.2, 0) is 11.2 Å². The fraction of sp³-hybridized carbons (Fsp3) is 0.611. The second-order valence-electron chi connectivity index (χ2n) is 7.59. The highest BCUT2D eigenvalue weighted by molar-refractivity contribution is 6.31. The van der Waals surface area contributed by atoms with Crippen LogP contribution in [0.2, 0.25) is 5.02 Å². The van der Waals surface area contributed by atoms with Crippen molar-refractivity contribution >= 4 is 17.7 Å². The zero-order valence-electron chi connectivity index (χ0n) is 14.6. The molecule has 1 aliphatic heterocycles. The third kappa shape index (κ3) is 4.61. The van der Waals surface area contributed by atoms with Crippen molar-refractivity contribution in [2.75, 3.05) is 19.6 Å². The second kappa shape index (κ2) is 7.28. The number of halogens is 2. The summed E-state index contributed by atoms with van der Waals surface area (Å²) in [4.78, 5) is 14.0. The number of carbonyl (C=O) groups is 1. The standard InChI is InChI=1S/C18H26ClFN2O2/c1-17(2,3)24-16(23)22-9-5-8-18(11-21,12-22)10-13-14(19)6-4-7-15(13)20/h4,6-7H,5,8-12,21H2,1-3H3. The van der Waals surface area contributed by atoms with Gasteiger partial charge >= 0.3 is 6.09 Å².